The summed E-state index contributed by atoms with van der Waals surface area (Å²) in [5.41, 5.74) is 1.83. The molecule has 2 aliphatic heterocycles. The molecule has 0 aliphatic carbocycles. The number of fused-ring (bicyclic) bond motifs is 1. The van der Waals surface area contributed by atoms with Gasteiger partial charge in [-0.15, -0.1) is 0 Å². The van der Waals surface area contributed by atoms with Crippen LogP contribution in [0, 0.1) is 0 Å². The van der Waals surface area contributed by atoms with Crippen LogP contribution >= 0.6 is 0 Å². The normalized spacial score (nSPS) is 21.1. The molecule has 2 aliphatic rings. The predicted octanol–water partition coefficient (Wildman–Crippen LogP) is 1.22. The van der Waals surface area contributed by atoms with Crippen molar-refractivity contribution in [3.63, 3.8) is 0 Å². The van der Waals surface area contributed by atoms with Crippen molar-refractivity contribution in [1.82, 2.24) is 18.6 Å². The maximum atomic E-state index is 13.3. The Morgan fingerprint density at radius 2 is 2.00 bits per heavy atom. The molecule has 1 saturated heterocycles. The van der Waals surface area contributed by atoms with Gasteiger partial charge in [0.15, 0.2) is 0 Å². The lowest BCUT2D eigenvalue weighted by molar-refractivity contribution is 0.310. The third-order valence-corrected chi connectivity index (χ3v) is 7.24. The molecule has 1 N–H and O–H groups in total. The van der Waals surface area contributed by atoms with E-state index in [9.17, 15) is 13.2 Å². The third-order valence-electron chi connectivity index (χ3n) is 5.24. The number of hydrogen-bond acceptors (Lipinski definition) is 5. The number of methoxy groups -OCH3 is 1. The molecule has 0 saturated carbocycles. The fourth-order valence-electron chi connectivity index (χ4n) is 3.82. The molecule has 2 aromatic rings. The molecular formula is C18H22N4O4S. The number of H-pyrrole nitrogens is 1. The van der Waals surface area contributed by atoms with Crippen molar-refractivity contribution >= 4 is 10.2 Å². The van der Waals surface area contributed by atoms with Crippen LogP contribution in [-0.2, 0) is 23.2 Å². The van der Waals surface area contributed by atoms with Crippen molar-refractivity contribution in [2.75, 3.05) is 20.2 Å². The number of ether oxygens (including phenoxy) is 1. The lowest BCUT2D eigenvalue weighted by Crippen LogP contribution is -2.45. The number of aromatic nitrogens is 2. The molecule has 0 spiro atoms. The van der Waals surface area contributed by atoms with Crippen molar-refractivity contribution in [3.8, 4) is 5.75 Å². The molecule has 1 unspecified atom stereocenters. The predicted molar refractivity (Wildman–Crippen MR) is 99.6 cm³/mol. The maximum Gasteiger partial charge on any atom is 0.293 e. The standard InChI is InChI=1S/C18H22N4O4S/c1-26-16-11-19-17(20-18(16)23)15-7-4-9-22(15)27(24,25)21-10-8-13-5-2-3-6-14(13)12-21/h2-3,5-6,11,15H,4,7-10,12H2,1H3,(H,19,20,23). The van der Waals surface area contributed by atoms with E-state index >= 15 is 0 Å². The van der Waals surface area contributed by atoms with Crippen LogP contribution in [0.1, 0.15) is 35.8 Å². The van der Waals surface area contributed by atoms with Crippen LogP contribution in [0.2, 0.25) is 0 Å². The van der Waals surface area contributed by atoms with E-state index in [4.69, 9.17) is 4.74 Å². The van der Waals surface area contributed by atoms with Gasteiger partial charge in [0.1, 0.15) is 5.82 Å². The second-order valence-corrected chi connectivity index (χ2v) is 8.68. The van der Waals surface area contributed by atoms with Crippen LogP contribution in [0.15, 0.2) is 35.3 Å². The van der Waals surface area contributed by atoms with Gasteiger partial charge in [-0.1, -0.05) is 24.3 Å². The summed E-state index contributed by atoms with van der Waals surface area (Å²) in [7, 11) is -2.26. The zero-order valence-corrected chi connectivity index (χ0v) is 15.9. The minimum absolute atomic E-state index is 0.110. The second kappa shape index (κ2) is 7.06. The van der Waals surface area contributed by atoms with Gasteiger partial charge in [-0.05, 0) is 30.4 Å². The summed E-state index contributed by atoms with van der Waals surface area (Å²) < 4.78 is 34.5. The van der Waals surface area contributed by atoms with Crippen LogP contribution in [-0.4, -0.2) is 47.2 Å². The van der Waals surface area contributed by atoms with E-state index in [0.29, 0.717) is 38.3 Å². The fraction of sp³-hybridized carbons (Fsp3) is 0.444. The molecule has 1 aromatic carbocycles. The Morgan fingerprint density at radius 3 is 2.74 bits per heavy atom. The Balaban J connectivity index is 1.61. The molecule has 4 rings (SSSR count). The van der Waals surface area contributed by atoms with E-state index < -0.39 is 21.8 Å². The lowest BCUT2D eigenvalue weighted by atomic mass is 10.0. The minimum atomic E-state index is -3.66. The van der Waals surface area contributed by atoms with Gasteiger partial charge in [-0.2, -0.15) is 17.0 Å². The van der Waals surface area contributed by atoms with Crippen LogP contribution < -0.4 is 10.3 Å². The average Bonchev–Trinajstić information content (AvgIpc) is 3.18. The molecule has 9 heteroatoms. The first kappa shape index (κ1) is 18.1. The van der Waals surface area contributed by atoms with E-state index in [2.05, 4.69) is 9.97 Å². The van der Waals surface area contributed by atoms with Crippen LogP contribution in [0.25, 0.3) is 0 Å². The molecule has 0 amide bonds. The van der Waals surface area contributed by atoms with E-state index in [0.717, 1.165) is 12.0 Å². The Hall–Kier alpha value is -2.23. The molecule has 1 aromatic heterocycles. The molecule has 1 fully saturated rings. The highest BCUT2D eigenvalue weighted by Gasteiger charge is 2.40. The summed E-state index contributed by atoms with van der Waals surface area (Å²) in [6, 6.07) is 7.46. The smallest absolute Gasteiger partial charge is 0.293 e. The quantitative estimate of drug-likeness (QED) is 0.847. The van der Waals surface area contributed by atoms with Gasteiger partial charge in [0.05, 0.1) is 19.3 Å². The Morgan fingerprint density at radius 1 is 1.22 bits per heavy atom. The van der Waals surface area contributed by atoms with E-state index in [1.165, 1.54) is 27.5 Å². The SMILES string of the molecule is COc1cnc(C2CCCN2S(=O)(=O)N2CCc3ccccc3C2)[nH]c1=O. The Bertz CT molecular complexity index is 1000. The first-order chi connectivity index (χ1) is 13.0. The Labute approximate surface area is 158 Å². The van der Waals surface area contributed by atoms with Gasteiger partial charge in [0.2, 0.25) is 5.75 Å². The van der Waals surface area contributed by atoms with Gasteiger partial charge in [-0.25, -0.2) is 4.98 Å². The first-order valence-electron chi connectivity index (χ1n) is 8.97. The highest BCUT2D eigenvalue weighted by molar-refractivity contribution is 7.86. The van der Waals surface area contributed by atoms with Gasteiger partial charge in [-0.3, -0.25) is 4.79 Å². The zero-order chi connectivity index (χ0) is 19.0. The molecule has 144 valence electrons. The largest absolute Gasteiger partial charge is 0.490 e. The summed E-state index contributed by atoms with van der Waals surface area (Å²) in [5.74, 6) is 0.470. The van der Waals surface area contributed by atoms with Crippen molar-refractivity contribution in [1.29, 1.82) is 0 Å². The summed E-state index contributed by atoms with van der Waals surface area (Å²) in [6.07, 6.45) is 3.39. The van der Waals surface area contributed by atoms with Crippen molar-refractivity contribution in [2.45, 2.75) is 31.8 Å². The van der Waals surface area contributed by atoms with Crippen molar-refractivity contribution in [3.05, 3.63) is 57.8 Å². The molecular weight excluding hydrogens is 368 g/mol. The van der Waals surface area contributed by atoms with Gasteiger partial charge >= 0.3 is 0 Å². The molecule has 1 atom stereocenters. The zero-order valence-electron chi connectivity index (χ0n) is 15.1. The molecule has 0 bridgehead atoms. The van der Waals surface area contributed by atoms with Crippen molar-refractivity contribution < 1.29 is 13.2 Å². The highest BCUT2D eigenvalue weighted by Crippen LogP contribution is 2.34. The summed E-state index contributed by atoms with van der Waals surface area (Å²) >= 11 is 0. The van der Waals surface area contributed by atoms with E-state index in [-0.39, 0.29) is 5.75 Å². The molecule has 3 heterocycles. The van der Waals surface area contributed by atoms with Crippen LogP contribution in [0.3, 0.4) is 0 Å². The third kappa shape index (κ3) is 3.26. The monoisotopic (exact) mass is 390 g/mol. The van der Waals surface area contributed by atoms with Crippen LogP contribution in [0.4, 0.5) is 0 Å². The van der Waals surface area contributed by atoms with Crippen molar-refractivity contribution in [2.24, 2.45) is 0 Å². The molecule has 8 nitrogen and oxygen atoms in total. The number of aromatic amines is 1. The topological polar surface area (TPSA) is 95.6 Å². The Kier molecular flexibility index (Phi) is 4.75. The molecule has 27 heavy (non-hydrogen) atoms. The van der Waals surface area contributed by atoms with E-state index in [1.807, 2.05) is 24.3 Å². The second-order valence-electron chi connectivity index (χ2n) is 6.79. The summed E-state index contributed by atoms with van der Waals surface area (Å²) in [6.45, 7) is 1.24. The lowest BCUT2D eigenvalue weighted by Gasteiger charge is -2.33. The number of nitrogens with zero attached hydrogens (tertiary/aromatic N) is 3. The number of hydrogen-bond donors (Lipinski definition) is 1. The fourth-order valence-corrected chi connectivity index (χ4v) is 5.62. The summed E-state index contributed by atoms with van der Waals surface area (Å²) in [5, 5.41) is 0. The number of benzene rings is 1. The van der Waals surface area contributed by atoms with E-state index in [1.54, 1.807) is 0 Å². The summed E-state index contributed by atoms with van der Waals surface area (Å²) in [4.78, 5) is 18.9. The highest BCUT2D eigenvalue weighted by atomic mass is 32.2. The van der Waals surface area contributed by atoms with Gasteiger partial charge < -0.3 is 9.72 Å². The number of nitrogens with one attached hydrogen (secondary N) is 1. The average molecular weight is 390 g/mol. The maximum absolute atomic E-state index is 13.3. The number of rotatable bonds is 4. The van der Waals surface area contributed by atoms with Gasteiger partial charge in [0, 0.05) is 19.6 Å². The van der Waals surface area contributed by atoms with Gasteiger partial charge in [0.25, 0.3) is 15.8 Å². The first-order valence-corrected chi connectivity index (χ1v) is 10.4. The van der Waals surface area contributed by atoms with Crippen LogP contribution in [0.5, 0.6) is 5.75 Å². The minimum Gasteiger partial charge on any atom is -0.490 e. The molecule has 0 radical (unpaired) electrons.